The molecule has 0 bridgehead atoms. The predicted octanol–water partition coefficient (Wildman–Crippen LogP) is 1.63. The van der Waals surface area contributed by atoms with Crippen LogP contribution in [0.4, 0.5) is 0 Å². The van der Waals surface area contributed by atoms with E-state index in [1.54, 1.807) is 0 Å². The first-order valence-electron chi connectivity index (χ1n) is 6.97. The highest BCUT2D eigenvalue weighted by Gasteiger charge is 2.25. The molecule has 1 fully saturated rings. The Bertz CT molecular complexity index is 368. The van der Waals surface area contributed by atoms with Crippen LogP contribution >= 0.6 is 0 Å². The molecule has 0 amide bonds. The highest BCUT2D eigenvalue weighted by Crippen LogP contribution is 2.20. The first-order valence-corrected chi connectivity index (χ1v) is 6.97. The predicted molar refractivity (Wildman–Crippen MR) is 74.3 cm³/mol. The van der Waals surface area contributed by atoms with E-state index in [0.29, 0.717) is 12.0 Å². The zero-order valence-electron chi connectivity index (χ0n) is 12.1. The van der Waals surface area contributed by atoms with Gasteiger partial charge < -0.3 is 5.32 Å². The van der Waals surface area contributed by atoms with E-state index in [2.05, 4.69) is 42.4 Å². The minimum Gasteiger partial charge on any atom is -0.312 e. The van der Waals surface area contributed by atoms with Crippen LogP contribution < -0.4 is 5.32 Å². The fourth-order valence-corrected chi connectivity index (χ4v) is 2.43. The van der Waals surface area contributed by atoms with E-state index >= 15 is 0 Å². The fraction of sp³-hybridized carbons (Fsp3) is 0.786. The van der Waals surface area contributed by atoms with E-state index in [-0.39, 0.29) is 0 Å². The zero-order chi connectivity index (χ0) is 13.1. The highest BCUT2D eigenvalue weighted by atomic mass is 15.2. The molecular weight excluding hydrogens is 224 g/mol. The third kappa shape index (κ3) is 3.82. The molecule has 4 heteroatoms. The summed E-state index contributed by atoms with van der Waals surface area (Å²) >= 11 is 0. The lowest BCUT2D eigenvalue weighted by Gasteiger charge is -2.31. The summed E-state index contributed by atoms with van der Waals surface area (Å²) < 4.78 is 1.87. The van der Waals surface area contributed by atoms with Crippen molar-refractivity contribution in [2.45, 2.75) is 45.3 Å². The average Bonchev–Trinajstić information content (AvgIpc) is 3.02. The van der Waals surface area contributed by atoms with Crippen LogP contribution in [-0.4, -0.2) is 40.4 Å². The lowest BCUT2D eigenvalue weighted by Crippen LogP contribution is -2.43. The van der Waals surface area contributed by atoms with Crippen molar-refractivity contribution in [3.63, 3.8) is 0 Å². The van der Waals surface area contributed by atoms with Crippen LogP contribution in [0.5, 0.6) is 0 Å². The van der Waals surface area contributed by atoms with Crippen molar-refractivity contribution in [3.8, 4) is 0 Å². The van der Waals surface area contributed by atoms with Gasteiger partial charge in [0.15, 0.2) is 0 Å². The topological polar surface area (TPSA) is 33.1 Å². The Morgan fingerprint density at radius 3 is 2.72 bits per heavy atom. The summed E-state index contributed by atoms with van der Waals surface area (Å²) in [5.74, 6) is 0.665. The molecule has 4 nitrogen and oxygen atoms in total. The van der Waals surface area contributed by atoms with Crippen LogP contribution in [0.1, 0.15) is 32.3 Å². The van der Waals surface area contributed by atoms with Gasteiger partial charge in [0.2, 0.25) is 0 Å². The molecule has 0 aliphatic heterocycles. The monoisotopic (exact) mass is 250 g/mol. The molecule has 1 heterocycles. The number of hydrogen-bond acceptors (Lipinski definition) is 3. The van der Waals surface area contributed by atoms with Gasteiger partial charge in [0.1, 0.15) is 0 Å². The molecule has 1 saturated carbocycles. The lowest BCUT2D eigenvalue weighted by atomic mass is 10.0. The highest BCUT2D eigenvalue weighted by molar-refractivity contribution is 5.03. The number of aryl methyl sites for hydroxylation is 1. The van der Waals surface area contributed by atoms with Gasteiger partial charge in [0, 0.05) is 44.0 Å². The van der Waals surface area contributed by atoms with Crippen LogP contribution in [-0.2, 0) is 13.6 Å². The second-order valence-electron chi connectivity index (χ2n) is 5.93. The molecule has 1 atom stereocenters. The Hall–Kier alpha value is -0.870. The van der Waals surface area contributed by atoms with E-state index in [9.17, 15) is 0 Å². The van der Waals surface area contributed by atoms with Gasteiger partial charge in [-0.2, -0.15) is 5.10 Å². The maximum atomic E-state index is 4.23. The van der Waals surface area contributed by atoms with Crippen LogP contribution in [0.15, 0.2) is 12.4 Å². The second kappa shape index (κ2) is 5.85. The first kappa shape index (κ1) is 13.6. The molecule has 18 heavy (non-hydrogen) atoms. The van der Waals surface area contributed by atoms with Gasteiger partial charge in [-0.15, -0.1) is 0 Å². The van der Waals surface area contributed by atoms with Crippen LogP contribution in [0.3, 0.4) is 0 Å². The van der Waals surface area contributed by atoms with E-state index in [0.717, 1.165) is 19.1 Å². The Labute approximate surface area is 110 Å². The molecule has 0 aromatic carbocycles. The van der Waals surface area contributed by atoms with Crippen molar-refractivity contribution in [2.75, 3.05) is 13.6 Å². The van der Waals surface area contributed by atoms with Crippen LogP contribution in [0.25, 0.3) is 0 Å². The third-order valence-corrected chi connectivity index (χ3v) is 3.72. The van der Waals surface area contributed by atoms with Gasteiger partial charge >= 0.3 is 0 Å². The summed E-state index contributed by atoms with van der Waals surface area (Å²) in [6, 6.07) is 1.38. The van der Waals surface area contributed by atoms with Gasteiger partial charge in [0.05, 0.1) is 6.20 Å². The summed E-state index contributed by atoms with van der Waals surface area (Å²) in [6.07, 6.45) is 6.78. The standard InChI is InChI=1S/C14H26N4/c1-11(2)14(8-15-13-5-6-13)17(3)9-12-7-16-18(4)10-12/h7,10-11,13-15H,5-6,8-9H2,1-4H3. The number of hydrogen-bond donors (Lipinski definition) is 1. The molecule has 1 aliphatic carbocycles. The minimum atomic E-state index is 0.589. The van der Waals surface area contributed by atoms with E-state index in [1.807, 2.05) is 17.9 Å². The SMILES string of the molecule is CC(C)C(CNC1CC1)N(C)Cc1cnn(C)c1. The first-order chi connectivity index (χ1) is 8.56. The Morgan fingerprint density at radius 1 is 1.50 bits per heavy atom. The van der Waals surface area contributed by atoms with E-state index in [4.69, 9.17) is 0 Å². The summed E-state index contributed by atoms with van der Waals surface area (Å²) in [4.78, 5) is 2.44. The summed E-state index contributed by atoms with van der Waals surface area (Å²) in [5, 5.41) is 7.88. The number of aromatic nitrogens is 2. The van der Waals surface area contributed by atoms with Crippen LogP contribution in [0.2, 0.25) is 0 Å². The molecule has 102 valence electrons. The summed E-state index contributed by atoms with van der Waals surface area (Å²) in [5.41, 5.74) is 1.29. The largest absolute Gasteiger partial charge is 0.312 e. The van der Waals surface area contributed by atoms with Crippen molar-refractivity contribution in [3.05, 3.63) is 18.0 Å². The summed E-state index contributed by atoms with van der Waals surface area (Å²) in [6.45, 7) is 6.68. The van der Waals surface area contributed by atoms with E-state index < -0.39 is 0 Å². The quantitative estimate of drug-likeness (QED) is 0.798. The molecule has 0 spiro atoms. The number of likely N-dealkylation sites (N-methyl/N-ethyl adjacent to an activating group) is 1. The maximum Gasteiger partial charge on any atom is 0.0534 e. The third-order valence-electron chi connectivity index (χ3n) is 3.72. The Morgan fingerprint density at radius 2 is 2.22 bits per heavy atom. The second-order valence-corrected chi connectivity index (χ2v) is 5.93. The molecule has 0 radical (unpaired) electrons. The normalized spacial score (nSPS) is 17.7. The smallest absolute Gasteiger partial charge is 0.0534 e. The molecule has 1 aromatic heterocycles. The van der Waals surface area contributed by atoms with Gasteiger partial charge in [-0.1, -0.05) is 13.8 Å². The summed E-state index contributed by atoms with van der Waals surface area (Å²) in [7, 11) is 4.18. The number of nitrogens with one attached hydrogen (secondary N) is 1. The Kier molecular flexibility index (Phi) is 4.40. The van der Waals surface area contributed by atoms with Crippen molar-refractivity contribution in [1.29, 1.82) is 0 Å². The molecular formula is C14H26N4. The van der Waals surface area contributed by atoms with Crippen LogP contribution in [0, 0.1) is 5.92 Å². The van der Waals surface area contributed by atoms with Gasteiger partial charge in [0.25, 0.3) is 0 Å². The molecule has 1 aromatic rings. The van der Waals surface area contributed by atoms with E-state index in [1.165, 1.54) is 18.4 Å². The van der Waals surface area contributed by atoms with Gasteiger partial charge in [-0.25, -0.2) is 0 Å². The lowest BCUT2D eigenvalue weighted by molar-refractivity contribution is 0.179. The molecule has 0 saturated heterocycles. The zero-order valence-corrected chi connectivity index (χ0v) is 12.1. The molecule has 1 N–H and O–H groups in total. The number of rotatable bonds is 7. The minimum absolute atomic E-state index is 0.589. The number of nitrogens with zero attached hydrogens (tertiary/aromatic N) is 3. The average molecular weight is 250 g/mol. The Balaban J connectivity index is 1.87. The maximum absolute atomic E-state index is 4.23. The van der Waals surface area contributed by atoms with Crippen molar-refractivity contribution in [1.82, 2.24) is 20.0 Å². The van der Waals surface area contributed by atoms with Crippen molar-refractivity contribution in [2.24, 2.45) is 13.0 Å². The van der Waals surface area contributed by atoms with Crippen molar-refractivity contribution < 1.29 is 0 Å². The van der Waals surface area contributed by atoms with Gasteiger partial charge in [-0.3, -0.25) is 9.58 Å². The van der Waals surface area contributed by atoms with Gasteiger partial charge in [-0.05, 0) is 25.8 Å². The molecule has 1 unspecified atom stereocenters. The fourth-order valence-electron chi connectivity index (χ4n) is 2.43. The molecule has 2 rings (SSSR count). The molecule has 1 aliphatic rings. The van der Waals surface area contributed by atoms with Crippen molar-refractivity contribution >= 4 is 0 Å².